The van der Waals surface area contributed by atoms with E-state index in [1.54, 1.807) is 41.3 Å². The summed E-state index contributed by atoms with van der Waals surface area (Å²) < 4.78 is 10.5. The zero-order chi connectivity index (χ0) is 21.4. The van der Waals surface area contributed by atoms with Crippen molar-refractivity contribution in [3.63, 3.8) is 0 Å². The van der Waals surface area contributed by atoms with Crippen LogP contribution >= 0.6 is 11.6 Å². The maximum absolute atomic E-state index is 12.3. The Morgan fingerprint density at radius 1 is 1.00 bits per heavy atom. The van der Waals surface area contributed by atoms with Crippen molar-refractivity contribution >= 4 is 34.8 Å². The number of ether oxygens (including phenoxy) is 2. The predicted octanol–water partition coefficient (Wildman–Crippen LogP) is 3.89. The lowest BCUT2D eigenvalue weighted by Crippen LogP contribution is -2.30. The third-order valence-corrected chi connectivity index (χ3v) is 4.67. The van der Waals surface area contributed by atoms with Crippen LogP contribution in [0.5, 0.6) is 11.5 Å². The predicted molar refractivity (Wildman–Crippen MR) is 115 cm³/mol. The van der Waals surface area contributed by atoms with Gasteiger partial charge in [0.2, 0.25) is 5.91 Å². The van der Waals surface area contributed by atoms with E-state index in [0.717, 1.165) is 0 Å². The molecule has 0 heterocycles. The molecule has 0 saturated heterocycles. The van der Waals surface area contributed by atoms with E-state index in [1.807, 2.05) is 13.8 Å². The van der Waals surface area contributed by atoms with Gasteiger partial charge in [-0.3, -0.25) is 9.59 Å². The first kappa shape index (κ1) is 22.4. The van der Waals surface area contributed by atoms with Crippen molar-refractivity contribution in [2.45, 2.75) is 13.8 Å². The second-order valence-electron chi connectivity index (χ2n) is 6.14. The van der Waals surface area contributed by atoms with Crippen LogP contribution in [0.25, 0.3) is 0 Å². The minimum Gasteiger partial charge on any atom is -0.495 e. The minimum absolute atomic E-state index is 0.0152. The van der Waals surface area contributed by atoms with Crippen LogP contribution in [-0.2, 0) is 4.79 Å². The van der Waals surface area contributed by atoms with Crippen molar-refractivity contribution in [2.75, 3.05) is 44.5 Å². The number of amides is 2. The molecule has 0 aliphatic heterocycles. The van der Waals surface area contributed by atoms with E-state index in [0.29, 0.717) is 46.5 Å². The van der Waals surface area contributed by atoms with Crippen molar-refractivity contribution in [2.24, 2.45) is 0 Å². The summed E-state index contributed by atoms with van der Waals surface area (Å²) in [5.74, 6) is 0.703. The highest BCUT2D eigenvalue weighted by molar-refractivity contribution is 6.32. The van der Waals surface area contributed by atoms with Crippen molar-refractivity contribution < 1.29 is 19.1 Å². The molecule has 2 N–H and O–H groups in total. The molecule has 2 aromatic carbocycles. The Labute approximate surface area is 175 Å². The number of nitrogens with one attached hydrogen (secondary N) is 2. The van der Waals surface area contributed by atoms with Crippen LogP contribution in [0, 0.1) is 0 Å². The lowest BCUT2D eigenvalue weighted by Gasteiger charge is -2.18. The first-order valence-corrected chi connectivity index (χ1v) is 9.65. The molecule has 0 fully saturated rings. The number of hydrogen-bond donors (Lipinski definition) is 2. The molecule has 0 spiro atoms. The molecule has 29 heavy (non-hydrogen) atoms. The lowest BCUT2D eigenvalue weighted by molar-refractivity contribution is -0.114. The molecule has 156 valence electrons. The van der Waals surface area contributed by atoms with Gasteiger partial charge in [-0.2, -0.15) is 0 Å². The van der Waals surface area contributed by atoms with E-state index < -0.39 is 0 Å². The highest BCUT2D eigenvalue weighted by atomic mass is 35.5. The number of hydrogen-bond acceptors (Lipinski definition) is 5. The van der Waals surface area contributed by atoms with Crippen molar-refractivity contribution in [3.8, 4) is 11.5 Å². The summed E-state index contributed by atoms with van der Waals surface area (Å²) in [6.45, 7) is 5.20. The van der Waals surface area contributed by atoms with Crippen molar-refractivity contribution in [3.05, 3.63) is 47.0 Å². The van der Waals surface area contributed by atoms with Gasteiger partial charge in [0, 0.05) is 36.5 Å². The largest absolute Gasteiger partial charge is 0.495 e. The first-order chi connectivity index (χ1) is 13.9. The molecule has 0 atom stereocenters. The van der Waals surface area contributed by atoms with Gasteiger partial charge in [0.05, 0.1) is 31.5 Å². The molecule has 0 aliphatic carbocycles. The lowest BCUT2D eigenvalue weighted by atomic mass is 10.1. The number of benzene rings is 2. The Morgan fingerprint density at radius 2 is 1.62 bits per heavy atom. The fourth-order valence-electron chi connectivity index (χ4n) is 2.77. The van der Waals surface area contributed by atoms with Gasteiger partial charge in [-0.25, -0.2) is 0 Å². The molecular formula is C21H26ClN3O4. The number of nitrogens with zero attached hydrogens (tertiary/aromatic N) is 1. The Morgan fingerprint density at radius 3 is 2.17 bits per heavy atom. The SMILES string of the molecule is CCN(CC)C(=O)c1ccc(NC(=O)CNc2cc(OC)c(Cl)cc2OC)cc1. The molecule has 0 bridgehead atoms. The van der Waals surface area contributed by atoms with Crippen LogP contribution in [0.1, 0.15) is 24.2 Å². The standard InChI is InChI=1S/C21H26ClN3O4/c1-5-25(6-2)21(27)14-7-9-15(10-8-14)24-20(26)13-23-17-12-18(28-3)16(22)11-19(17)29-4/h7-12,23H,5-6,13H2,1-4H3,(H,24,26). The summed E-state index contributed by atoms with van der Waals surface area (Å²) >= 11 is 6.08. The molecule has 0 aromatic heterocycles. The number of carbonyl (C=O) groups is 2. The van der Waals surface area contributed by atoms with Crippen LogP contribution in [0.4, 0.5) is 11.4 Å². The molecule has 2 aromatic rings. The highest BCUT2D eigenvalue weighted by Gasteiger charge is 2.13. The van der Waals surface area contributed by atoms with E-state index in [-0.39, 0.29) is 18.4 Å². The Hall–Kier alpha value is -2.93. The minimum atomic E-state index is -0.246. The summed E-state index contributed by atoms with van der Waals surface area (Å²) in [6.07, 6.45) is 0. The van der Waals surface area contributed by atoms with Crippen LogP contribution in [0.3, 0.4) is 0 Å². The Kier molecular flexibility index (Phi) is 8.15. The smallest absolute Gasteiger partial charge is 0.253 e. The van der Waals surface area contributed by atoms with Gasteiger partial charge >= 0.3 is 0 Å². The number of anilines is 2. The summed E-state index contributed by atoms with van der Waals surface area (Å²) in [5.41, 5.74) is 1.78. The van der Waals surface area contributed by atoms with E-state index in [2.05, 4.69) is 10.6 Å². The van der Waals surface area contributed by atoms with Gasteiger partial charge < -0.3 is 25.0 Å². The summed E-state index contributed by atoms with van der Waals surface area (Å²) in [5, 5.41) is 6.21. The van der Waals surface area contributed by atoms with Gasteiger partial charge in [-0.15, -0.1) is 0 Å². The number of rotatable bonds is 9. The Bertz CT molecular complexity index is 852. The van der Waals surface area contributed by atoms with Crippen LogP contribution in [0.15, 0.2) is 36.4 Å². The third-order valence-electron chi connectivity index (χ3n) is 4.38. The average Bonchev–Trinajstić information content (AvgIpc) is 2.73. The summed E-state index contributed by atoms with van der Waals surface area (Å²) in [7, 11) is 3.03. The van der Waals surface area contributed by atoms with Gasteiger partial charge in [-0.05, 0) is 38.1 Å². The van der Waals surface area contributed by atoms with E-state index in [4.69, 9.17) is 21.1 Å². The number of methoxy groups -OCH3 is 2. The van der Waals surface area contributed by atoms with Crippen LogP contribution < -0.4 is 20.1 Å². The molecule has 8 heteroatoms. The molecule has 0 unspecified atom stereocenters. The topological polar surface area (TPSA) is 79.9 Å². The molecule has 0 aliphatic rings. The fraction of sp³-hybridized carbons (Fsp3) is 0.333. The van der Waals surface area contributed by atoms with E-state index >= 15 is 0 Å². The summed E-state index contributed by atoms with van der Waals surface area (Å²) in [4.78, 5) is 26.4. The molecule has 7 nitrogen and oxygen atoms in total. The van der Waals surface area contributed by atoms with Gasteiger partial charge in [0.15, 0.2) is 0 Å². The zero-order valence-corrected chi connectivity index (χ0v) is 17.8. The monoisotopic (exact) mass is 419 g/mol. The van der Waals surface area contributed by atoms with Gasteiger partial charge in [0.25, 0.3) is 5.91 Å². The van der Waals surface area contributed by atoms with Crippen LogP contribution in [-0.4, -0.2) is 50.6 Å². The maximum atomic E-state index is 12.3. The normalized spacial score (nSPS) is 10.2. The molecule has 2 rings (SSSR count). The van der Waals surface area contributed by atoms with Gasteiger partial charge in [0.1, 0.15) is 11.5 Å². The van der Waals surface area contributed by atoms with Crippen molar-refractivity contribution in [1.29, 1.82) is 0 Å². The maximum Gasteiger partial charge on any atom is 0.253 e. The third kappa shape index (κ3) is 5.77. The van der Waals surface area contributed by atoms with Gasteiger partial charge in [-0.1, -0.05) is 11.6 Å². The van der Waals surface area contributed by atoms with Crippen LogP contribution in [0.2, 0.25) is 5.02 Å². The molecular weight excluding hydrogens is 394 g/mol. The van der Waals surface area contributed by atoms with E-state index in [9.17, 15) is 9.59 Å². The number of carbonyl (C=O) groups excluding carboxylic acids is 2. The number of halogens is 1. The molecule has 2 amide bonds. The second-order valence-corrected chi connectivity index (χ2v) is 6.55. The highest BCUT2D eigenvalue weighted by Crippen LogP contribution is 2.35. The second kappa shape index (κ2) is 10.6. The molecule has 0 saturated carbocycles. The first-order valence-electron chi connectivity index (χ1n) is 9.28. The molecule has 0 radical (unpaired) electrons. The zero-order valence-electron chi connectivity index (χ0n) is 17.0. The average molecular weight is 420 g/mol. The quantitative estimate of drug-likeness (QED) is 0.644. The van der Waals surface area contributed by atoms with Crippen molar-refractivity contribution in [1.82, 2.24) is 4.90 Å². The fourth-order valence-corrected chi connectivity index (χ4v) is 3.00. The summed E-state index contributed by atoms with van der Waals surface area (Å²) in [6, 6.07) is 10.1. The van der Waals surface area contributed by atoms with E-state index in [1.165, 1.54) is 14.2 Å². The Balaban J connectivity index is 1.99.